The molecule has 0 saturated heterocycles. The van der Waals surface area contributed by atoms with Gasteiger partial charge in [-0.3, -0.25) is 4.79 Å². The summed E-state index contributed by atoms with van der Waals surface area (Å²) in [6.45, 7) is 2.13. The molecule has 1 aromatic rings. The lowest BCUT2D eigenvalue weighted by atomic mass is 10.0. The fraction of sp³-hybridized carbons (Fsp3) is 0.316. The molecule has 0 fully saturated rings. The van der Waals surface area contributed by atoms with Crippen LogP contribution in [-0.4, -0.2) is 18.1 Å². The average molecular weight is 311 g/mol. The van der Waals surface area contributed by atoms with Gasteiger partial charge in [0.15, 0.2) is 0 Å². The van der Waals surface area contributed by atoms with Gasteiger partial charge >= 0.3 is 0 Å². The lowest BCUT2D eigenvalue weighted by Crippen LogP contribution is -2.33. The number of rotatable bonds is 3. The lowest BCUT2D eigenvalue weighted by Gasteiger charge is -2.14. The van der Waals surface area contributed by atoms with E-state index in [2.05, 4.69) is 24.4 Å². The highest BCUT2D eigenvalue weighted by atomic mass is 16.5. The van der Waals surface area contributed by atoms with Crippen molar-refractivity contribution in [3.8, 4) is 5.75 Å². The molecule has 0 aliphatic heterocycles. The van der Waals surface area contributed by atoms with Crippen LogP contribution in [0.2, 0.25) is 0 Å². The third-order valence-corrected chi connectivity index (χ3v) is 4.27. The first kappa shape index (κ1) is 15.4. The van der Waals surface area contributed by atoms with E-state index < -0.39 is 0 Å². The van der Waals surface area contributed by atoms with Gasteiger partial charge in [-0.05, 0) is 42.2 Å². The van der Waals surface area contributed by atoms with Gasteiger partial charge in [0, 0.05) is 17.3 Å². The number of phenolic OH excluding ortho intramolecular Hbond substituents is 1. The lowest BCUT2D eigenvalue weighted by molar-refractivity contribution is 0.0964. The van der Waals surface area contributed by atoms with E-state index in [1.165, 1.54) is 0 Å². The van der Waals surface area contributed by atoms with Crippen LogP contribution < -0.4 is 15.8 Å². The van der Waals surface area contributed by atoms with Gasteiger partial charge in [0.1, 0.15) is 11.5 Å². The molecule has 0 heterocycles. The molecule has 2 N–H and O–H groups in total. The Labute approximate surface area is 135 Å². The molecule has 4 heteroatoms. The summed E-state index contributed by atoms with van der Waals surface area (Å²) in [5, 5.41) is 14.9. The minimum Gasteiger partial charge on any atom is -0.507 e. The first-order chi connectivity index (χ1) is 11.1. The van der Waals surface area contributed by atoms with Crippen LogP contribution in [-0.2, 0) is 4.74 Å². The number of methoxy groups -OCH3 is 1. The first-order valence-electron chi connectivity index (χ1n) is 7.88. The summed E-state index contributed by atoms with van der Waals surface area (Å²) in [5.74, 6) is 1.01. The number of fused-ring (bicyclic) bond motifs is 1. The molecule has 120 valence electrons. The Bertz CT molecular complexity index is 818. The van der Waals surface area contributed by atoms with Crippen LogP contribution in [0, 0.1) is 5.92 Å². The quantitative estimate of drug-likeness (QED) is 0.897. The summed E-state index contributed by atoms with van der Waals surface area (Å²) >= 11 is 0. The smallest absolute Gasteiger partial charge is 0.259 e. The predicted molar refractivity (Wildman–Crippen MR) is 89.9 cm³/mol. The summed E-state index contributed by atoms with van der Waals surface area (Å²) in [5.41, 5.74) is 1.06. The third kappa shape index (κ3) is 3.16. The van der Waals surface area contributed by atoms with Gasteiger partial charge in [-0.2, -0.15) is 0 Å². The standard InChI is InChI=1S/C19H21NO3/c1-12-6-8-14(9-7-12)20-19(22)16-10-13-4-3-5-18(23-2)15(13)11-17(16)21/h4,6,8-12,21H,3,5,7H2,1-2H3,(H,20,22). The van der Waals surface area contributed by atoms with Crippen molar-refractivity contribution in [3.63, 3.8) is 0 Å². The van der Waals surface area contributed by atoms with Gasteiger partial charge in [0.2, 0.25) is 0 Å². The second-order valence-electron chi connectivity index (χ2n) is 6.01. The predicted octanol–water partition coefficient (Wildman–Crippen LogP) is 1.93. The summed E-state index contributed by atoms with van der Waals surface area (Å²) in [6.07, 6.45) is 10.6. The van der Waals surface area contributed by atoms with Crippen molar-refractivity contribution in [3.05, 3.63) is 52.1 Å². The molecule has 0 radical (unpaired) electrons. The molecular formula is C19H21NO3. The summed E-state index contributed by atoms with van der Waals surface area (Å²) in [4.78, 5) is 12.5. The number of allylic oxidation sites excluding steroid dienone is 3. The molecule has 2 aliphatic carbocycles. The molecule has 1 unspecified atom stereocenters. The van der Waals surface area contributed by atoms with E-state index in [4.69, 9.17) is 4.74 Å². The zero-order valence-electron chi connectivity index (χ0n) is 13.4. The fourth-order valence-electron chi connectivity index (χ4n) is 2.92. The Balaban J connectivity index is 1.93. The largest absolute Gasteiger partial charge is 0.507 e. The normalized spacial score (nSPS) is 19.5. The number of amides is 1. The topological polar surface area (TPSA) is 58.6 Å². The Kier molecular flexibility index (Phi) is 4.24. The van der Waals surface area contributed by atoms with Crippen LogP contribution in [0.15, 0.2) is 36.1 Å². The fourth-order valence-corrected chi connectivity index (χ4v) is 2.92. The molecule has 0 aromatic heterocycles. The van der Waals surface area contributed by atoms with Crippen molar-refractivity contribution in [1.29, 1.82) is 0 Å². The highest BCUT2D eigenvalue weighted by molar-refractivity contribution is 5.98. The Hall–Kier alpha value is -2.49. The van der Waals surface area contributed by atoms with E-state index in [-0.39, 0.29) is 17.2 Å². The molecule has 1 aromatic carbocycles. The average Bonchev–Trinajstić information content (AvgIpc) is 2.55. The van der Waals surface area contributed by atoms with Crippen LogP contribution in [0.4, 0.5) is 0 Å². The van der Waals surface area contributed by atoms with E-state index in [1.807, 2.05) is 12.2 Å². The Morgan fingerprint density at radius 1 is 1.35 bits per heavy atom. The Morgan fingerprint density at radius 2 is 2.17 bits per heavy atom. The Morgan fingerprint density at radius 3 is 2.87 bits per heavy atom. The third-order valence-electron chi connectivity index (χ3n) is 4.27. The maximum Gasteiger partial charge on any atom is 0.259 e. The molecule has 4 nitrogen and oxygen atoms in total. The summed E-state index contributed by atoms with van der Waals surface area (Å²) in [7, 11) is 1.63. The zero-order valence-corrected chi connectivity index (χ0v) is 13.4. The second-order valence-corrected chi connectivity index (χ2v) is 6.01. The van der Waals surface area contributed by atoms with Crippen molar-refractivity contribution in [2.45, 2.75) is 26.2 Å². The molecule has 2 aliphatic rings. The van der Waals surface area contributed by atoms with Crippen molar-refractivity contribution >= 4 is 17.7 Å². The van der Waals surface area contributed by atoms with E-state index in [0.717, 1.165) is 41.2 Å². The van der Waals surface area contributed by atoms with Crippen LogP contribution in [0.1, 0.15) is 36.5 Å². The van der Waals surface area contributed by atoms with Gasteiger partial charge in [-0.25, -0.2) is 0 Å². The molecule has 1 atom stereocenters. The zero-order chi connectivity index (χ0) is 16.4. The monoisotopic (exact) mass is 311 g/mol. The number of hydrogen-bond acceptors (Lipinski definition) is 3. The summed E-state index contributed by atoms with van der Waals surface area (Å²) in [6, 6.07) is 3.35. The molecular weight excluding hydrogens is 290 g/mol. The van der Waals surface area contributed by atoms with Gasteiger partial charge < -0.3 is 15.2 Å². The van der Waals surface area contributed by atoms with Crippen LogP contribution in [0.25, 0.3) is 11.8 Å². The number of benzene rings is 1. The number of aromatic hydroxyl groups is 1. The minimum absolute atomic E-state index is 0.0279. The molecule has 1 amide bonds. The second kappa shape index (κ2) is 6.32. The van der Waals surface area contributed by atoms with Crippen molar-refractivity contribution in [2.24, 2.45) is 5.92 Å². The van der Waals surface area contributed by atoms with E-state index >= 15 is 0 Å². The highest BCUT2D eigenvalue weighted by Crippen LogP contribution is 2.17. The van der Waals surface area contributed by atoms with Crippen LogP contribution >= 0.6 is 0 Å². The van der Waals surface area contributed by atoms with Gasteiger partial charge in [0.05, 0.1) is 12.7 Å². The molecule has 23 heavy (non-hydrogen) atoms. The molecule has 0 bridgehead atoms. The van der Waals surface area contributed by atoms with Gasteiger partial charge in [0.25, 0.3) is 5.91 Å². The number of carbonyl (C=O) groups is 1. The molecule has 3 rings (SSSR count). The maximum atomic E-state index is 12.5. The van der Waals surface area contributed by atoms with Crippen LogP contribution in [0.3, 0.4) is 0 Å². The van der Waals surface area contributed by atoms with Crippen LogP contribution in [0.5, 0.6) is 5.75 Å². The molecule has 0 spiro atoms. The number of phenols is 1. The van der Waals surface area contributed by atoms with Crippen molar-refractivity contribution < 1.29 is 14.6 Å². The highest BCUT2D eigenvalue weighted by Gasteiger charge is 2.15. The van der Waals surface area contributed by atoms with Crippen molar-refractivity contribution in [2.75, 3.05) is 7.11 Å². The van der Waals surface area contributed by atoms with E-state index in [1.54, 1.807) is 19.2 Å². The maximum absolute atomic E-state index is 12.5. The molecule has 0 saturated carbocycles. The van der Waals surface area contributed by atoms with E-state index in [9.17, 15) is 9.90 Å². The summed E-state index contributed by atoms with van der Waals surface area (Å²) < 4.78 is 5.37. The number of hydrogen-bond donors (Lipinski definition) is 2. The number of carbonyl (C=O) groups excluding carboxylic acids is 1. The van der Waals surface area contributed by atoms with Crippen molar-refractivity contribution in [1.82, 2.24) is 5.32 Å². The first-order valence-corrected chi connectivity index (χ1v) is 7.88. The minimum atomic E-state index is -0.298. The van der Waals surface area contributed by atoms with Gasteiger partial charge in [-0.1, -0.05) is 25.2 Å². The van der Waals surface area contributed by atoms with Gasteiger partial charge in [-0.15, -0.1) is 0 Å². The van der Waals surface area contributed by atoms with E-state index in [0.29, 0.717) is 5.92 Å². The number of ether oxygens (including phenoxy) is 1. The SMILES string of the molecule is COC1=c2cc(O)c(C(=O)NC3=CCC(C)C=C3)cc2=CCC1. The number of nitrogens with one attached hydrogen (secondary N) is 1.